The Labute approximate surface area is 399 Å². The number of fused-ring (bicyclic) bond motifs is 6. The van der Waals surface area contributed by atoms with Gasteiger partial charge in [-0.2, -0.15) is 6.07 Å². The molecule has 7 heteroatoms. The number of ether oxygens (including phenoxy) is 1. The molecule has 0 radical (unpaired) electrons. The molecule has 5 nitrogen and oxygen atoms in total. The Kier molecular flexibility index (Phi) is 10.8. The monoisotopic (exact) mass is 1040 g/mol. The van der Waals surface area contributed by atoms with Crippen molar-refractivity contribution in [2.45, 2.75) is 52.4 Å². The molecule has 0 N–H and O–H groups in total. The second kappa shape index (κ2) is 16.5. The average Bonchev–Trinajstić information content (AvgIpc) is 3.98. The maximum Gasteiger partial charge on any atom is 0.135 e. The molecule has 7 aromatic carbocycles. The van der Waals surface area contributed by atoms with Gasteiger partial charge in [0.2, 0.25) is 0 Å². The van der Waals surface area contributed by atoms with Gasteiger partial charge in [0.25, 0.3) is 0 Å². The number of benzene rings is 7. The van der Waals surface area contributed by atoms with Crippen molar-refractivity contribution >= 4 is 65.3 Å². The van der Waals surface area contributed by atoms with E-state index in [1.165, 1.54) is 20.3 Å². The maximum absolute atomic E-state index is 6.91. The summed E-state index contributed by atoms with van der Waals surface area (Å²) in [7, 11) is 0. The Balaban J connectivity index is 0.00000498. The van der Waals surface area contributed by atoms with E-state index in [9.17, 15) is 0 Å². The minimum atomic E-state index is -0.182. The first-order valence-electron chi connectivity index (χ1n) is 21.9. The fourth-order valence-corrected chi connectivity index (χ4v) is 10.1. The van der Waals surface area contributed by atoms with Gasteiger partial charge in [-0.05, 0) is 57.9 Å². The molecule has 0 unspecified atom stereocenters. The molecule has 0 saturated heterocycles. The Morgan fingerprint density at radius 1 is 0.569 bits per heavy atom. The summed E-state index contributed by atoms with van der Waals surface area (Å²) in [6.45, 7) is 15.7. The fraction of sp³-hybridized carbons (Fsp3) is 0.138. The van der Waals surface area contributed by atoms with Gasteiger partial charge in [-0.25, -0.2) is 4.98 Å². The van der Waals surface area contributed by atoms with Crippen LogP contribution in [0.5, 0.6) is 11.5 Å². The molecule has 324 valence electrons. The van der Waals surface area contributed by atoms with E-state index in [0.717, 1.165) is 72.8 Å². The zero-order valence-corrected chi connectivity index (χ0v) is 40.3. The van der Waals surface area contributed by atoms with Crippen molar-refractivity contribution in [2.75, 3.05) is 9.80 Å². The summed E-state index contributed by atoms with van der Waals surface area (Å²) >= 11 is 1.81. The van der Waals surface area contributed by atoms with Crippen LogP contribution in [-0.4, -0.2) is 9.55 Å². The Bertz CT molecular complexity index is 3320. The molecular weight excluding hydrogens is 996 g/mol. The smallest absolute Gasteiger partial charge is 0.135 e. The van der Waals surface area contributed by atoms with E-state index in [-0.39, 0.29) is 31.9 Å². The molecule has 0 amide bonds. The number of thiophene rings is 1. The van der Waals surface area contributed by atoms with Crippen LogP contribution < -0.4 is 14.5 Å². The van der Waals surface area contributed by atoms with E-state index in [1.54, 1.807) is 0 Å². The number of hydrogen-bond acceptors (Lipinski definition) is 5. The van der Waals surface area contributed by atoms with Crippen molar-refractivity contribution < 1.29 is 25.8 Å². The molecule has 10 aromatic rings. The van der Waals surface area contributed by atoms with Crippen LogP contribution in [0.25, 0.3) is 59.3 Å². The standard InChI is InChI=1S/C58H47N4OS.Pt/c1-57(2,3)40-30-31-59-53(34-40)62-51-36-43(28-29-47(51)56-55(62)48-22-13-16-27-52(48)64-56)63-44-33-41(58(4,5)6)32-42(35-44)60-37-61(50-26-15-14-25-49(50)60)54-45(38-18-9-7-10-19-38)23-17-24-46(54)39-20-11-8-12-21-39;/h7-34,37H,1-6H3;/q-3;. The number of aromatic nitrogens is 2. The molecule has 0 aliphatic carbocycles. The van der Waals surface area contributed by atoms with Crippen molar-refractivity contribution in [1.29, 1.82) is 0 Å². The van der Waals surface area contributed by atoms with E-state index >= 15 is 0 Å². The molecule has 0 atom stereocenters. The molecule has 65 heavy (non-hydrogen) atoms. The number of hydrogen-bond donors (Lipinski definition) is 0. The van der Waals surface area contributed by atoms with Crippen molar-refractivity contribution in [3.8, 4) is 39.6 Å². The summed E-state index contributed by atoms with van der Waals surface area (Å²) in [5.41, 5.74) is 12.9. The predicted molar refractivity (Wildman–Crippen MR) is 268 cm³/mol. The van der Waals surface area contributed by atoms with Gasteiger partial charge < -0.3 is 19.1 Å². The van der Waals surface area contributed by atoms with E-state index in [4.69, 9.17) is 9.72 Å². The number of nitrogens with zero attached hydrogens (tertiary/aromatic N) is 4. The molecule has 0 spiro atoms. The van der Waals surface area contributed by atoms with Crippen LogP contribution in [0.4, 0.5) is 22.7 Å². The van der Waals surface area contributed by atoms with E-state index in [0.29, 0.717) is 11.5 Å². The van der Waals surface area contributed by atoms with Gasteiger partial charge in [0, 0.05) is 81.7 Å². The van der Waals surface area contributed by atoms with Gasteiger partial charge in [0.05, 0.1) is 5.52 Å². The maximum atomic E-state index is 6.91. The predicted octanol–water partition coefficient (Wildman–Crippen LogP) is 16.1. The molecule has 1 aliphatic rings. The number of anilines is 4. The molecule has 0 bridgehead atoms. The van der Waals surface area contributed by atoms with Crippen LogP contribution in [0.2, 0.25) is 0 Å². The summed E-state index contributed by atoms with van der Waals surface area (Å²) in [6, 6.07) is 65.5. The molecule has 11 rings (SSSR count). The van der Waals surface area contributed by atoms with Gasteiger partial charge in [-0.3, -0.25) is 0 Å². The first kappa shape index (κ1) is 42.5. The Morgan fingerprint density at radius 2 is 1.20 bits per heavy atom. The SMILES string of the molecule is CC(C)(C)c1cc(Oc2[c-]c3c(cc2)c2sc4ccccc4c2n3-c2cc(C(C)(C)C)ccn2)[c-]c(N2[CH-]N(c3c(-c4ccccc4)cccc3-c3ccccc3)c3ccccc32)c1.[Pt]. The van der Waals surface area contributed by atoms with Crippen LogP contribution >= 0.6 is 11.3 Å². The third-order valence-corrected chi connectivity index (χ3v) is 13.4. The van der Waals surface area contributed by atoms with Gasteiger partial charge in [-0.1, -0.05) is 162 Å². The summed E-state index contributed by atoms with van der Waals surface area (Å²) in [5, 5.41) is 2.32. The van der Waals surface area contributed by atoms with E-state index in [2.05, 4.69) is 232 Å². The number of pyridine rings is 1. The Morgan fingerprint density at radius 3 is 1.88 bits per heavy atom. The number of para-hydroxylation sites is 3. The third-order valence-electron chi connectivity index (χ3n) is 12.3. The topological polar surface area (TPSA) is 33.5 Å². The fourth-order valence-electron chi connectivity index (χ4n) is 8.92. The molecule has 0 saturated carbocycles. The van der Waals surface area contributed by atoms with E-state index < -0.39 is 0 Å². The van der Waals surface area contributed by atoms with Crippen LogP contribution in [0.3, 0.4) is 0 Å². The summed E-state index contributed by atoms with van der Waals surface area (Å²) in [5.74, 6) is 2.10. The van der Waals surface area contributed by atoms with Crippen LogP contribution in [0, 0.1) is 18.8 Å². The zero-order valence-electron chi connectivity index (χ0n) is 37.2. The van der Waals surface area contributed by atoms with Crippen LogP contribution in [0.1, 0.15) is 52.7 Å². The zero-order chi connectivity index (χ0) is 43.7. The van der Waals surface area contributed by atoms with Crippen molar-refractivity contribution in [3.05, 3.63) is 200 Å². The normalized spacial score (nSPS) is 12.8. The minimum absolute atomic E-state index is 0. The third kappa shape index (κ3) is 7.63. The van der Waals surface area contributed by atoms with Crippen molar-refractivity contribution in [3.63, 3.8) is 0 Å². The van der Waals surface area contributed by atoms with Crippen molar-refractivity contribution in [1.82, 2.24) is 9.55 Å². The molecule has 4 heterocycles. The Hall–Kier alpha value is -6.46. The van der Waals surface area contributed by atoms with Crippen LogP contribution in [0.15, 0.2) is 170 Å². The second-order valence-electron chi connectivity index (χ2n) is 18.6. The molecule has 0 fully saturated rings. The van der Waals surface area contributed by atoms with Crippen molar-refractivity contribution in [2.24, 2.45) is 0 Å². The first-order valence-corrected chi connectivity index (χ1v) is 22.7. The summed E-state index contributed by atoms with van der Waals surface area (Å²) in [6.07, 6.45) is 1.92. The number of rotatable bonds is 7. The summed E-state index contributed by atoms with van der Waals surface area (Å²) < 4.78 is 11.6. The second-order valence-corrected chi connectivity index (χ2v) is 19.6. The minimum Gasteiger partial charge on any atom is -0.509 e. The van der Waals surface area contributed by atoms with Gasteiger partial charge >= 0.3 is 0 Å². The summed E-state index contributed by atoms with van der Waals surface area (Å²) in [4.78, 5) is 9.56. The molecule has 1 aliphatic heterocycles. The quantitative estimate of drug-likeness (QED) is 0.149. The first-order chi connectivity index (χ1) is 31.0. The van der Waals surface area contributed by atoms with Gasteiger partial charge in [-0.15, -0.1) is 59.6 Å². The van der Waals surface area contributed by atoms with Gasteiger partial charge in [0.1, 0.15) is 5.82 Å². The van der Waals surface area contributed by atoms with E-state index in [1.807, 2.05) is 23.6 Å². The average molecular weight is 1040 g/mol. The molecular formula is C58H47N4OPtS-3. The van der Waals surface area contributed by atoms with Gasteiger partial charge in [0.15, 0.2) is 0 Å². The largest absolute Gasteiger partial charge is 0.509 e. The molecule has 3 aromatic heterocycles. The van der Waals surface area contributed by atoms with Crippen LogP contribution in [-0.2, 0) is 31.9 Å².